The van der Waals surface area contributed by atoms with Crippen LogP contribution < -0.4 is 5.32 Å². The van der Waals surface area contributed by atoms with Gasteiger partial charge in [0, 0.05) is 19.2 Å². The molecular weight excluding hydrogens is 370 g/mol. The molecule has 146 valence electrons. The molecule has 28 heavy (non-hydrogen) atoms. The van der Waals surface area contributed by atoms with Gasteiger partial charge in [0.1, 0.15) is 10.8 Å². The largest absolute Gasteiger partial charge is 0.329 e. The van der Waals surface area contributed by atoms with Gasteiger partial charge in [0.15, 0.2) is 0 Å². The van der Waals surface area contributed by atoms with E-state index in [0.29, 0.717) is 19.0 Å². The third-order valence-electron chi connectivity index (χ3n) is 4.89. The van der Waals surface area contributed by atoms with Crippen LogP contribution in [0.4, 0.5) is 4.79 Å². The average Bonchev–Trinajstić information content (AvgIpc) is 3.11. The molecule has 0 saturated carbocycles. The molecule has 0 aliphatic carbocycles. The van der Waals surface area contributed by atoms with Gasteiger partial charge in [0.2, 0.25) is 0 Å². The van der Waals surface area contributed by atoms with Gasteiger partial charge in [-0.15, -0.1) is 11.3 Å². The van der Waals surface area contributed by atoms with E-state index in [1.807, 2.05) is 36.2 Å². The SMILES string of the molecule is CC(C)Cc1ncc2c(n1)CN(C(=O)NC(C)c1nc3ccccc3s1)CC2. The smallest absolute Gasteiger partial charge is 0.318 e. The maximum atomic E-state index is 12.8. The monoisotopic (exact) mass is 395 g/mol. The van der Waals surface area contributed by atoms with E-state index < -0.39 is 0 Å². The predicted octanol–water partition coefficient (Wildman–Crippen LogP) is 4.11. The number of carbonyl (C=O) groups is 1. The van der Waals surface area contributed by atoms with Crippen molar-refractivity contribution in [2.24, 2.45) is 5.92 Å². The molecule has 1 aliphatic rings. The quantitative estimate of drug-likeness (QED) is 0.721. The first kappa shape index (κ1) is 18.8. The van der Waals surface area contributed by atoms with Crippen molar-refractivity contribution >= 4 is 27.6 Å². The van der Waals surface area contributed by atoms with Crippen LogP contribution in [0.15, 0.2) is 30.5 Å². The van der Waals surface area contributed by atoms with E-state index in [1.54, 1.807) is 11.3 Å². The highest BCUT2D eigenvalue weighted by atomic mass is 32.1. The van der Waals surface area contributed by atoms with Crippen LogP contribution >= 0.6 is 11.3 Å². The van der Waals surface area contributed by atoms with E-state index in [4.69, 9.17) is 4.98 Å². The molecule has 4 rings (SSSR count). The Morgan fingerprint density at radius 3 is 2.86 bits per heavy atom. The fourth-order valence-electron chi connectivity index (χ4n) is 3.39. The summed E-state index contributed by atoms with van der Waals surface area (Å²) in [4.78, 5) is 28.5. The van der Waals surface area contributed by atoms with Crippen molar-refractivity contribution < 1.29 is 4.79 Å². The number of para-hydroxylation sites is 1. The van der Waals surface area contributed by atoms with Crippen molar-refractivity contribution in [2.45, 2.75) is 46.2 Å². The number of urea groups is 1. The number of benzene rings is 1. The number of carbonyl (C=O) groups excluding carboxylic acids is 1. The fraction of sp³-hybridized carbons (Fsp3) is 0.429. The lowest BCUT2D eigenvalue weighted by Gasteiger charge is -2.29. The Morgan fingerprint density at radius 2 is 2.07 bits per heavy atom. The summed E-state index contributed by atoms with van der Waals surface area (Å²) < 4.78 is 1.14. The summed E-state index contributed by atoms with van der Waals surface area (Å²) in [6.07, 6.45) is 3.58. The summed E-state index contributed by atoms with van der Waals surface area (Å²) in [7, 11) is 0. The van der Waals surface area contributed by atoms with Gasteiger partial charge in [-0.25, -0.2) is 19.7 Å². The number of rotatable bonds is 4. The first-order chi connectivity index (χ1) is 13.5. The molecule has 1 aromatic carbocycles. The minimum absolute atomic E-state index is 0.0681. The zero-order valence-electron chi connectivity index (χ0n) is 16.5. The second-order valence-corrected chi connectivity index (χ2v) is 8.78. The summed E-state index contributed by atoms with van der Waals surface area (Å²) >= 11 is 1.63. The van der Waals surface area contributed by atoms with Crippen LogP contribution in [0.3, 0.4) is 0 Å². The second kappa shape index (κ2) is 7.83. The summed E-state index contributed by atoms with van der Waals surface area (Å²) in [6.45, 7) is 7.51. The number of thiazole rings is 1. The minimum atomic E-state index is -0.131. The number of aromatic nitrogens is 3. The first-order valence-electron chi connectivity index (χ1n) is 9.74. The molecule has 0 saturated heterocycles. The van der Waals surface area contributed by atoms with Crippen molar-refractivity contribution in [3.63, 3.8) is 0 Å². The molecule has 1 unspecified atom stereocenters. The third-order valence-corrected chi connectivity index (χ3v) is 6.11. The van der Waals surface area contributed by atoms with Crippen LogP contribution in [-0.4, -0.2) is 32.4 Å². The van der Waals surface area contributed by atoms with Crippen LogP contribution in [0.25, 0.3) is 10.2 Å². The predicted molar refractivity (Wildman–Crippen MR) is 111 cm³/mol. The molecule has 0 spiro atoms. The van der Waals surface area contributed by atoms with Crippen molar-refractivity contribution in [2.75, 3.05) is 6.54 Å². The van der Waals surface area contributed by atoms with Crippen LogP contribution in [-0.2, 0) is 19.4 Å². The Balaban J connectivity index is 1.44. The Labute approximate surface area is 169 Å². The molecular formula is C21H25N5OS. The molecule has 3 aromatic rings. The zero-order chi connectivity index (χ0) is 19.7. The van der Waals surface area contributed by atoms with Gasteiger partial charge in [-0.3, -0.25) is 0 Å². The topological polar surface area (TPSA) is 71.0 Å². The Bertz CT molecular complexity index is 966. The Morgan fingerprint density at radius 1 is 1.25 bits per heavy atom. The van der Waals surface area contributed by atoms with E-state index >= 15 is 0 Å². The highest BCUT2D eigenvalue weighted by Gasteiger charge is 2.24. The molecule has 1 atom stereocenters. The molecule has 2 amide bonds. The molecule has 3 heterocycles. The number of fused-ring (bicyclic) bond motifs is 2. The number of nitrogens with one attached hydrogen (secondary N) is 1. The lowest BCUT2D eigenvalue weighted by atomic mass is 10.1. The van der Waals surface area contributed by atoms with Crippen LogP contribution in [0.2, 0.25) is 0 Å². The van der Waals surface area contributed by atoms with Crippen molar-refractivity contribution in [3.8, 4) is 0 Å². The lowest BCUT2D eigenvalue weighted by molar-refractivity contribution is 0.188. The normalized spacial score (nSPS) is 14.9. The molecule has 6 nitrogen and oxygen atoms in total. The maximum absolute atomic E-state index is 12.8. The average molecular weight is 396 g/mol. The summed E-state index contributed by atoms with van der Waals surface area (Å²) in [5.74, 6) is 1.37. The molecule has 2 aromatic heterocycles. The van der Waals surface area contributed by atoms with Gasteiger partial charge < -0.3 is 10.2 Å². The molecule has 0 fully saturated rings. The van der Waals surface area contributed by atoms with Crippen LogP contribution in [0, 0.1) is 5.92 Å². The molecule has 7 heteroatoms. The van der Waals surface area contributed by atoms with Gasteiger partial charge in [-0.05, 0) is 37.0 Å². The summed E-state index contributed by atoms with van der Waals surface area (Å²) in [5, 5.41) is 4.02. The van der Waals surface area contributed by atoms with E-state index in [9.17, 15) is 4.79 Å². The Kier molecular flexibility index (Phi) is 5.26. The van der Waals surface area contributed by atoms with Gasteiger partial charge in [-0.2, -0.15) is 0 Å². The molecule has 0 radical (unpaired) electrons. The van der Waals surface area contributed by atoms with E-state index in [2.05, 4.69) is 35.2 Å². The van der Waals surface area contributed by atoms with E-state index in [0.717, 1.165) is 45.1 Å². The van der Waals surface area contributed by atoms with Crippen molar-refractivity contribution in [1.29, 1.82) is 0 Å². The van der Waals surface area contributed by atoms with Gasteiger partial charge in [0.05, 0.1) is 28.5 Å². The van der Waals surface area contributed by atoms with Crippen molar-refractivity contribution in [1.82, 2.24) is 25.2 Å². The summed E-state index contributed by atoms with van der Waals surface area (Å²) in [6, 6.07) is 7.85. The van der Waals surface area contributed by atoms with Crippen molar-refractivity contribution in [3.05, 3.63) is 52.6 Å². The van der Waals surface area contributed by atoms with Crippen LogP contribution in [0.1, 0.15) is 48.9 Å². The van der Waals surface area contributed by atoms with Gasteiger partial charge in [0.25, 0.3) is 0 Å². The standard InChI is InChI=1S/C21H25N5OS/c1-13(2)10-19-22-11-15-8-9-26(12-17(15)24-19)21(27)23-14(3)20-25-16-6-4-5-7-18(16)28-20/h4-7,11,13-14H,8-10,12H2,1-3H3,(H,23,27). The first-order valence-corrected chi connectivity index (χ1v) is 10.6. The summed E-state index contributed by atoms with van der Waals surface area (Å²) in [5.41, 5.74) is 3.10. The maximum Gasteiger partial charge on any atom is 0.318 e. The molecule has 1 aliphatic heterocycles. The number of hydrogen-bond donors (Lipinski definition) is 1. The minimum Gasteiger partial charge on any atom is -0.329 e. The van der Waals surface area contributed by atoms with E-state index in [-0.39, 0.29) is 12.1 Å². The second-order valence-electron chi connectivity index (χ2n) is 7.72. The number of hydrogen-bond acceptors (Lipinski definition) is 5. The molecule has 1 N–H and O–H groups in total. The van der Waals surface area contributed by atoms with Gasteiger partial charge >= 0.3 is 6.03 Å². The van der Waals surface area contributed by atoms with E-state index in [1.165, 1.54) is 0 Å². The molecule has 0 bridgehead atoms. The highest BCUT2D eigenvalue weighted by molar-refractivity contribution is 7.18. The third kappa shape index (κ3) is 3.99. The van der Waals surface area contributed by atoms with Gasteiger partial charge in [-0.1, -0.05) is 26.0 Å². The highest BCUT2D eigenvalue weighted by Crippen LogP contribution is 2.26. The Hall–Kier alpha value is -2.54. The lowest BCUT2D eigenvalue weighted by Crippen LogP contribution is -2.44. The zero-order valence-corrected chi connectivity index (χ0v) is 17.3. The number of nitrogens with zero attached hydrogens (tertiary/aromatic N) is 4. The number of amides is 2. The van der Waals surface area contributed by atoms with Crippen LogP contribution in [0.5, 0.6) is 0 Å². The fourth-order valence-corrected chi connectivity index (χ4v) is 4.36.